The van der Waals surface area contributed by atoms with Crippen LogP contribution in [0.2, 0.25) is 0 Å². The number of ether oxygens (including phenoxy) is 1. The van der Waals surface area contributed by atoms with Gasteiger partial charge in [0, 0.05) is 24.5 Å². The fraction of sp³-hybridized carbons (Fsp3) is 0.909. The van der Waals surface area contributed by atoms with Gasteiger partial charge in [-0.2, -0.15) is 0 Å². The van der Waals surface area contributed by atoms with E-state index in [-0.39, 0.29) is 12.0 Å². The molecule has 2 heterocycles. The molecule has 0 aromatic heterocycles. The molecular weight excluding hydrogens is 258 g/mol. The SMILES string of the molecule is O=C(CC1CCCO1)N1CCCC(Br)C1. The van der Waals surface area contributed by atoms with Crippen molar-refractivity contribution in [1.82, 2.24) is 4.90 Å². The Labute approximate surface area is 99.3 Å². The van der Waals surface area contributed by atoms with Crippen molar-refractivity contribution < 1.29 is 9.53 Å². The van der Waals surface area contributed by atoms with Crippen LogP contribution in [0.25, 0.3) is 0 Å². The van der Waals surface area contributed by atoms with Crippen LogP contribution in [0.4, 0.5) is 0 Å². The minimum absolute atomic E-state index is 0.188. The number of nitrogens with zero attached hydrogens (tertiary/aromatic N) is 1. The summed E-state index contributed by atoms with van der Waals surface area (Å²) in [7, 11) is 0. The lowest BCUT2D eigenvalue weighted by Crippen LogP contribution is -2.41. The smallest absolute Gasteiger partial charge is 0.225 e. The minimum atomic E-state index is 0.188. The van der Waals surface area contributed by atoms with Gasteiger partial charge in [-0.25, -0.2) is 0 Å². The summed E-state index contributed by atoms with van der Waals surface area (Å²) in [5.41, 5.74) is 0. The van der Waals surface area contributed by atoms with E-state index in [1.54, 1.807) is 0 Å². The highest BCUT2D eigenvalue weighted by molar-refractivity contribution is 9.09. The van der Waals surface area contributed by atoms with Crippen LogP contribution in [0.3, 0.4) is 0 Å². The summed E-state index contributed by atoms with van der Waals surface area (Å²) in [6, 6.07) is 0. The highest BCUT2D eigenvalue weighted by atomic mass is 79.9. The molecule has 2 aliphatic heterocycles. The van der Waals surface area contributed by atoms with Crippen LogP contribution < -0.4 is 0 Å². The minimum Gasteiger partial charge on any atom is -0.378 e. The Morgan fingerprint density at radius 3 is 2.93 bits per heavy atom. The summed E-state index contributed by atoms with van der Waals surface area (Å²) in [4.78, 5) is 14.4. The van der Waals surface area contributed by atoms with Gasteiger partial charge in [-0.1, -0.05) is 15.9 Å². The molecule has 0 radical (unpaired) electrons. The molecule has 2 aliphatic rings. The van der Waals surface area contributed by atoms with Crippen LogP contribution in [-0.2, 0) is 9.53 Å². The predicted octanol–water partition coefficient (Wildman–Crippen LogP) is 1.94. The number of likely N-dealkylation sites (tertiary alicyclic amines) is 1. The summed E-state index contributed by atoms with van der Waals surface area (Å²) in [5, 5.41) is 0. The van der Waals surface area contributed by atoms with Gasteiger partial charge in [0.15, 0.2) is 0 Å². The van der Waals surface area contributed by atoms with Crippen molar-refractivity contribution in [2.24, 2.45) is 0 Å². The van der Waals surface area contributed by atoms with Gasteiger partial charge < -0.3 is 9.64 Å². The van der Waals surface area contributed by atoms with Crippen LogP contribution in [0.15, 0.2) is 0 Å². The quantitative estimate of drug-likeness (QED) is 0.721. The van der Waals surface area contributed by atoms with Crippen molar-refractivity contribution >= 4 is 21.8 Å². The Bertz CT molecular complexity index is 229. The molecule has 0 aromatic rings. The predicted molar refractivity (Wildman–Crippen MR) is 62.1 cm³/mol. The Balaban J connectivity index is 1.78. The van der Waals surface area contributed by atoms with E-state index in [2.05, 4.69) is 15.9 Å². The maximum absolute atomic E-state index is 11.9. The van der Waals surface area contributed by atoms with Crippen molar-refractivity contribution in [3.8, 4) is 0 Å². The largest absolute Gasteiger partial charge is 0.378 e. The molecule has 0 N–H and O–H groups in total. The molecule has 0 aromatic carbocycles. The molecule has 1 amide bonds. The van der Waals surface area contributed by atoms with Crippen molar-refractivity contribution in [1.29, 1.82) is 0 Å². The van der Waals surface area contributed by atoms with E-state index in [9.17, 15) is 4.79 Å². The first kappa shape index (κ1) is 11.4. The van der Waals surface area contributed by atoms with E-state index >= 15 is 0 Å². The Morgan fingerprint density at radius 2 is 2.27 bits per heavy atom. The molecule has 86 valence electrons. The normalized spacial score (nSPS) is 31.9. The monoisotopic (exact) mass is 275 g/mol. The zero-order chi connectivity index (χ0) is 10.7. The van der Waals surface area contributed by atoms with Crippen LogP contribution in [0.1, 0.15) is 32.1 Å². The zero-order valence-electron chi connectivity index (χ0n) is 8.95. The maximum Gasteiger partial charge on any atom is 0.225 e. The van der Waals surface area contributed by atoms with Crippen molar-refractivity contribution in [2.45, 2.75) is 43.0 Å². The van der Waals surface area contributed by atoms with E-state index in [1.165, 1.54) is 6.42 Å². The summed E-state index contributed by atoms with van der Waals surface area (Å²) >= 11 is 3.58. The van der Waals surface area contributed by atoms with Crippen molar-refractivity contribution in [2.75, 3.05) is 19.7 Å². The van der Waals surface area contributed by atoms with Crippen LogP contribution in [0, 0.1) is 0 Å². The lowest BCUT2D eigenvalue weighted by molar-refractivity contribution is -0.134. The highest BCUT2D eigenvalue weighted by Gasteiger charge is 2.25. The lowest BCUT2D eigenvalue weighted by atomic mass is 10.1. The zero-order valence-corrected chi connectivity index (χ0v) is 10.5. The second kappa shape index (κ2) is 5.30. The van der Waals surface area contributed by atoms with Gasteiger partial charge in [0.1, 0.15) is 0 Å². The fourth-order valence-corrected chi connectivity index (χ4v) is 2.95. The van der Waals surface area contributed by atoms with Gasteiger partial charge >= 0.3 is 0 Å². The second-order valence-electron chi connectivity index (χ2n) is 4.42. The summed E-state index contributed by atoms with van der Waals surface area (Å²) < 4.78 is 5.48. The first-order valence-corrected chi connectivity index (χ1v) is 6.71. The molecule has 15 heavy (non-hydrogen) atoms. The third kappa shape index (κ3) is 3.18. The molecule has 0 bridgehead atoms. The summed E-state index contributed by atoms with van der Waals surface area (Å²) in [6.45, 7) is 2.62. The van der Waals surface area contributed by atoms with Crippen LogP contribution in [0.5, 0.6) is 0 Å². The van der Waals surface area contributed by atoms with E-state index in [0.717, 1.165) is 39.0 Å². The van der Waals surface area contributed by atoms with E-state index < -0.39 is 0 Å². The molecule has 3 nitrogen and oxygen atoms in total. The first-order valence-electron chi connectivity index (χ1n) is 5.79. The standard InChI is InChI=1S/C11H18BrNO2/c12-9-3-1-5-13(8-9)11(14)7-10-4-2-6-15-10/h9-10H,1-8H2. The van der Waals surface area contributed by atoms with Crippen molar-refractivity contribution in [3.05, 3.63) is 0 Å². The number of alkyl halides is 1. The Kier molecular flexibility index (Phi) is 4.03. The number of carbonyl (C=O) groups excluding carboxylic acids is 1. The van der Waals surface area contributed by atoms with E-state index in [4.69, 9.17) is 4.74 Å². The number of amides is 1. The third-order valence-corrected chi connectivity index (χ3v) is 3.89. The number of halogens is 1. The topological polar surface area (TPSA) is 29.5 Å². The van der Waals surface area contributed by atoms with Crippen LogP contribution in [-0.4, -0.2) is 41.4 Å². The number of hydrogen-bond donors (Lipinski definition) is 0. The molecule has 0 spiro atoms. The summed E-state index contributed by atoms with van der Waals surface area (Å²) in [5.74, 6) is 0.269. The maximum atomic E-state index is 11.9. The molecule has 0 aliphatic carbocycles. The molecule has 4 heteroatoms. The molecule has 2 saturated heterocycles. The third-order valence-electron chi connectivity index (χ3n) is 3.14. The number of hydrogen-bond acceptors (Lipinski definition) is 2. The molecule has 2 rings (SSSR count). The Hall–Kier alpha value is -0.0900. The summed E-state index contributed by atoms with van der Waals surface area (Å²) in [6.07, 6.45) is 5.24. The van der Waals surface area contributed by atoms with E-state index in [0.29, 0.717) is 11.2 Å². The van der Waals surface area contributed by atoms with Crippen molar-refractivity contribution in [3.63, 3.8) is 0 Å². The van der Waals surface area contributed by atoms with Gasteiger partial charge in [-0.15, -0.1) is 0 Å². The average molecular weight is 276 g/mol. The molecule has 2 unspecified atom stereocenters. The Morgan fingerprint density at radius 1 is 1.40 bits per heavy atom. The van der Waals surface area contributed by atoms with Gasteiger partial charge in [0.05, 0.1) is 12.5 Å². The number of rotatable bonds is 2. The van der Waals surface area contributed by atoms with Crippen LogP contribution >= 0.6 is 15.9 Å². The second-order valence-corrected chi connectivity index (χ2v) is 5.71. The van der Waals surface area contributed by atoms with E-state index in [1.807, 2.05) is 4.90 Å². The average Bonchev–Trinajstić information content (AvgIpc) is 2.70. The van der Waals surface area contributed by atoms with Gasteiger partial charge in [0.2, 0.25) is 5.91 Å². The van der Waals surface area contributed by atoms with Gasteiger partial charge in [-0.05, 0) is 25.7 Å². The first-order chi connectivity index (χ1) is 7.25. The molecular formula is C11H18BrNO2. The van der Waals surface area contributed by atoms with Gasteiger partial charge in [-0.3, -0.25) is 4.79 Å². The molecule has 0 saturated carbocycles. The number of piperidine rings is 1. The lowest BCUT2D eigenvalue weighted by Gasteiger charge is -2.30. The highest BCUT2D eigenvalue weighted by Crippen LogP contribution is 2.20. The number of carbonyl (C=O) groups is 1. The fourth-order valence-electron chi connectivity index (χ4n) is 2.28. The molecule has 2 fully saturated rings. The molecule has 2 atom stereocenters. The van der Waals surface area contributed by atoms with Gasteiger partial charge in [0.25, 0.3) is 0 Å².